The lowest BCUT2D eigenvalue weighted by atomic mass is 9.94. The first kappa shape index (κ1) is 14.9. The quantitative estimate of drug-likeness (QED) is 0.426. The smallest absolute Gasteiger partial charge is 0.160 e. The summed E-state index contributed by atoms with van der Waals surface area (Å²) in [5, 5.41) is 3.53. The van der Waals surface area contributed by atoms with E-state index in [0.717, 1.165) is 24.9 Å². The molecule has 0 radical (unpaired) electrons. The summed E-state index contributed by atoms with van der Waals surface area (Å²) in [5.41, 5.74) is 2.11. The topological polar surface area (TPSA) is 12.0 Å². The van der Waals surface area contributed by atoms with Gasteiger partial charge in [-0.15, -0.1) is 11.3 Å². The number of nitrogens with one attached hydrogen (secondary N) is 1. The Morgan fingerprint density at radius 1 is 1.25 bits per heavy atom. The third-order valence-electron chi connectivity index (χ3n) is 3.41. The first-order valence-electron chi connectivity index (χ1n) is 6.24. The minimum atomic E-state index is -0.562. The fraction of sp³-hybridized carbons (Fsp3) is 0.286. The van der Waals surface area contributed by atoms with E-state index < -0.39 is 5.82 Å². The Balaban J connectivity index is 1.89. The highest BCUT2D eigenvalue weighted by Crippen LogP contribution is 2.39. The lowest BCUT2D eigenvalue weighted by molar-refractivity contribution is 0.607. The number of anilines is 1. The van der Waals surface area contributed by atoms with Crippen molar-refractivity contribution in [3.8, 4) is 0 Å². The van der Waals surface area contributed by atoms with Crippen LogP contribution in [0.4, 0.5) is 10.1 Å². The molecule has 0 saturated heterocycles. The lowest BCUT2D eigenvalue weighted by Gasteiger charge is -2.25. The van der Waals surface area contributed by atoms with Gasteiger partial charge in [0.15, 0.2) is 5.82 Å². The molecule has 0 spiro atoms. The number of rotatable bonds is 2. The molecule has 0 bridgehead atoms. The summed E-state index contributed by atoms with van der Waals surface area (Å²) in [4.78, 5) is 1.44. The second-order valence-corrected chi connectivity index (χ2v) is 8.62. The van der Waals surface area contributed by atoms with Gasteiger partial charge in [0.1, 0.15) is 0 Å². The van der Waals surface area contributed by atoms with E-state index in [2.05, 4.69) is 34.0 Å². The molecule has 0 amide bonds. The number of fused-ring (bicyclic) bond motifs is 1. The van der Waals surface area contributed by atoms with E-state index in [1.54, 1.807) is 12.1 Å². The Morgan fingerprint density at radius 3 is 2.65 bits per heavy atom. The molecule has 20 heavy (non-hydrogen) atoms. The maximum atomic E-state index is 13.4. The maximum absolute atomic E-state index is 13.4. The normalized spacial score (nSPS) is 17.9. The fourth-order valence-electron chi connectivity index (χ4n) is 2.51. The van der Waals surface area contributed by atoms with Gasteiger partial charge < -0.3 is 5.32 Å². The van der Waals surface area contributed by atoms with Gasteiger partial charge in [-0.3, -0.25) is 0 Å². The Morgan fingerprint density at radius 2 is 1.95 bits per heavy atom. The Labute approximate surface area is 144 Å². The van der Waals surface area contributed by atoms with Crippen LogP contribution in [0.15, 0.2) is 18.2 Å². The molecule has 6 heteroatoms. The van der Waals surface area contributed by atoms with E-state index in [0.29, 0.717) is 0 Å². The molecule has 106 valence electrons. The molecule has 1 N–H and O–H groups in total. The van der Waals surface area contributed by atoms with Crippen LogP contribution in [0.3, 0.4) is 0 Å². The number of hydrogen-bond donors (Lipinski definition) is 1. The molecule has 1 aromatic carbocycles. The van der Waals surface area contributed by atoms with Gasteiger partial charge in [0, 0.05) is 10.6 Å². The monoisotopic (exact) mass is 441 g/mol. The molecule has 1 aliphatic carbocycles. The lowest BCUT2D eigenvalue weighted by Crippen LogP contribution is -2.15. The average molecular weight is 442 g/mol. The van der Waals surface area contributed by atoms with Crippen molar-refractivity contribution >= 4 is 62.8 Å². The molecular formula is C14H11Cl2FINS. The zero-order valence-electron chi connectivity index (χ0n) is 10.4. The van der Waals surface area contributed by atoms with Gasteiger partial charge in [-0.25, -0.2) is 4.39 Å². The molecule has 1 aromatic heterocycles. The Bertz CT molecular complexity index is 636. The van der Waals surface area contributed by atoms with Gasteiger partial charge in [0.05, 0.1) is 19.0 Å². The van der Waals surface area contributed by atoms with Crippen LogP contribution in [0.5, 0.6) is 0 Å². The Kier molecular flexibility index (Phi) is 4.45. The zero-order valence-corrected chi connectivity index (χ0v) is 14.8. The van der Waals surface area contributed by atoms with E-state index in [1.165, 1.54) is 13.3 Å². The van der Waals surface area contributed by atoms with Gasteiger partial charge in [0.2, 0.25) is 0 Å². The molecule has 0 fully saturated rings. The van der Waals surface area contributed by atoms with Crippen molar-refractivity contribution in [3.63, 3.8) is 0 Å². The summed E-state index contributed by atoms with van der Waals surface area (Å²) >= 11 is 15.9. The van der Waals surface area contributed by atoms with Gasteiger partial charge in [-0.2, -0.15) is 0 Å². The number of thiophene rings is 1. The van der Waals surface area contributed by atoms with E-state index in [4.69, 9.17) is 23.2 Å². The van der Waals surface area contributed by atoms with E-state index in [-0.39, 0.29) is 16.1 Å². The molecule has 2 aromatic rings. The predicted octanol–water partition coefficient (Wildman–Crippen LogP) is 6.29. The van der Waals surface area contributed by atoms with Crippen LogP contribution in [-0.2, 0) is 6.42 Å². The summed E-state index contributed by atoms with van der Waals surface area (Å²) in [6.45, 7) is 0. The predicted molar refractivity (Wildman–Crippen MR) is 92.8 cm³/mol. The second kappa shape index (κ2) is 5.99. The number of halogens is 4. The van der Waals surface area contributed by atoms with Crippen LogP contribution < -0.4 is 5.32 Å². The van der Waals surface area contributed by atoms with Crippen LogP contribution in [0.2, 0.25) is 10.0 Å². The minimum Gasteiger partial charge on any atom is -0.378 e. The summed E-state index contributed by atoms with van der Waals surface area (Å²) in [6.07, 6.45) is 3.36. The van der Waals surface area contributed by atoms with Crippen molar-refractivity contribution in [2.75, 3.05) is 5.32 Å². The van der Waals surface area contributed by atoms with Crippen LogP contribution >= 0.6 is 57.1 Å². The molecule has 1 nitrogen and oxygen atoms in total. The van der Waals surface area contributed by atoms with E-state index in [9.17, 15) is 4.39 Å². The number of aryl methyl sites for hydroxylation is 1. The fourth-order valence-corrected chi connectivity index (χ4v) is 5.12. The molecule has 0 saturated carbocycles. The van der Waals surface area contributed by atoms with Crippen LogP contribution in [0, 0.1) is 8.70 Å². The maximum Gasteiger partial charge on any atom is 0.160 e. The molecule has 1 unspecified atom stereocenters. The average Bonchev–Trinajstić information content (AvgIpc) is 2.77. The van der Waals surface area contributed by atoms with Gasteiger partial charge in [-0.05, 0) is 65.6 Å². The molecular weight excluding hydrogens is 431 g/mol. The first-order chi connectivity index (χ1) is 9.54. The second-order valence-electron chi connectivity index (χ2n) is 4.77. The van der Waals surface area contributed by atoms with Crippen molar-refractivity contribution in [1.29, 1.82) is 0 Å². The highest BCUT2D eigenvalue weighted by molar-refractivity contribution is 14.1. The van der Waals surface area contributed by atoms with Crippen LogP contribution in [0.25, 0.3) is 0 Å². The zero-order chi connectivity index (χ0) is 14.3. The van der Waals surface area contributed by atoms with Gasteiger partial charge in [-0.1, -0.05) is 23.2 Å². The summed E-state index contributed by atoms with van der Waals surface area (Å²) in [5.74, 6) is -0.562. The third kappa shape index (κ3) is 2.93. The number of benzene rings is 1. The minimum absolute atomic E-state index is 0.0518. The third-order valence-corrected chi connectivity index (χ3v) is 5.93. The summed E-state index contributed by atoms with van der Waals surface area (Å²) in [6, 6.07) is 5.66. The van der Waals surface area contributed by atoms with Gasteiger partial charge >= 0.3 is 0 Å². The number of hydrogen-bond acceptors (Lipinski definition) is 2. The largest absolute Gasteiger partial charge is 0.378 e. The van der Waals surface area contributed by atoms with Crippen molar-refractivity contribution in [2.24, 2.45) is 0 Å². The van der Waals surface area contributed by atoms with Crippen molar-refractivity contribution in [3.05, 3.63) is 47.4 Å². The summed E-state index contributed by atoms with van der Waals surface area (Å²) in [7, 11) is 0. The van der Waals surface area contributed by atoms with Crippen LogP contribution in [0.1, 0.15) is 29.3 Å². The van der Waals surface area contributed by atoms with E-state index in [1.807, 2.05) is 11.3 Å². The molecule has 0 aliphatic heterocycles. The highest BCUT2D eigenvalue weighted by Gasteiger charge is 2.23. The molecule has 1 atom stereocenters. The summed E-state index contributed by atoms with van der Waals surface area (Å²) < 4.78 is 14.7. The standard InChI is InChI=1S/C14H11Cl2FINS/c15-9-4-7(5-10(16)14(9)17)19-11-2-1-3-12-8(11)6-13(18)20-12/h4-6,11,19H,1-3H2. The molecule has 1 aliphatic rings. The van der Waals surface area contributed by atoms with E-state index >= 15 is 0 Å². The van der Waals surface area contributed by atoms with Gasteiger partial charge in [0.25, 0.3) is 0 Å². The first-order valence-corrected chi connectivity index (χ1v) is 8.89. The SMILES string of the molecule is Fc1c(Cl)cc(NC2CCCc3sc(I)cc32)cc1Cl. The van der Waals surface area contributed by atoms with Crippen LogP contribution in [-0.4, -0.2) is 0 Å². The van der Waals surface area contributed by atoms with Crippen molar-refractivity contribution < 1.29 is 4.39 Å². The molecule has 3 rings (SSSR count). The van der Waals surface area contributed by atoms with Crippen molar-refractivity contribution in [1.82, 2.24) is 0 Å². The van der Waals surface area contributed by atoms with Crippen molar-refractivity contribution in [2.45, 2.75) is 25.3 Å². The highest BCUT2D eigenvalue weighted by atomic mass is 127. The Hall–Kier alpha value is -0.0400. The molecule has 1 heterocycles.